The topological polar surface area (TPSA) is 18.5 Å². The molecule has 2 nitrogen and oxygen atoms in total. The van der Waals surface area contributed by atoms with Gasteiger partial charge in [-0.25, -0.2) is 0 Å². The van der Waals surface area contributed by atoms with Crippen LogP contribution in [0.5, 0.6) is 0 Å². The Morgan fingerprint density at radius 2 is 2.50 bits per heavy atom. The van der Waals surface area contributed by atoms with Crippen molar-refractivity contribution < 1.29 is 9.47 Å². The van der Waals surface area contributed by atoms with Crippen LogP contribution in [0.3, 0.4) is 0 Å². The fourth-order valence-corrected chi connectivity index (χ4v) is 1.08. The van der Waals surface area contributed by atoms with E-state index < -0.39 is 0 Å². The summed E-state index contributed by atoms with van der Waals surface area (Å²) in [6.07, 6.45) is 8.33. The van der Waals surface area contributed by atoms with Gasteiger partial charge in [0.15, 0.2) is 6.29 Å². The van der Waals surface area contributed by atoms with Gasteiger partial charge in [0.05, 0.1) is 6.61 Å². The zero-order chi connectivity index (χ0) is 8.81. The zero-order valence-corrected chi connectivity index (χ0v) is 7.21. The second-order valence-corrected chi connectivity index (χ2v) is 2.86. The molecule has 1 fully saturated rings. The third-order valence-electron chi connectivity index (χ3n) is 1.79. The highest BCUT2D eigenvalue weighted by molar-refractivity contribution is 5.21. The van der Waals surface area contributed by atoms with Crippen LogP contribution in [0.2, 0.25) is 0 Å². The van der Waals surface area contributed by atoms with Gasteiger partial charge in [0.2, 0.25) is 0 Å². The Balaban J connectivity index is 2.14. The number of ether oxygens (including phenoxy) is 2. The molecule has 1 atom stereocenters. The second kappa shape index (κ2) is 4.97. The lowest BCUT2D eigenvalue weighted by Gasteiger charge is -2.22. The minimum atomic E-state index is -0.0659. The lowest BCUT2D eigenvalue weighted by Crippen LogP contribution is -2.22. The van der Waals surface area contributed by atoms with E-state index in [-0.39, 0.29) is 6.29 Å². The molecule has 0 aromatic carbocycles. The van der Waals surface area contributed by atoms with Gasteiger partial charge in [-0.15, -0.1) is 6.42 Å². The van der Waals surface area contributed by atoms with Gasteiger partial charge in [-0.1, -0.05) is 12.5 Å². The van der Waals surface area contributed by atoms with E-state index in [9.17, 15) is 0 Å². The standard InChI is InChI=1S/C10H14O2/c1-3-9(2)8-12-10-6-4-5-7-11-10/h1,10H,2,4-8H2. The minimum absolute atomic E-state index is 0.0659. The van der Waals surface area contributed by atoms with Crippen molar-refractivity contribution in [2.45, 2.75) is 25.6 Å². The predicted octanol–water partition coefficient (Wildman–Crippen LogP) is 1.72. The first-order valence-corrected chi connectivity index (χ1v) is 4.20. The molecule has 0 N–H and O–H groups in total. The molecule has 1 aliphatic rings. The second-order valence-electron chi connectivity index (χ2n) is 2.86. The third kappa shape index (κ3) is 3.08. The Hall–Kier alpha value is -0.780. The van der Waals surface area contributed by atoms with Crippen molar-refractivity contribution in [2.75, 3.05) is 13.2 Å². The molecule has 1 aliphatic heterocycles. The number of terminal acetylenes is 1. The van der Waals surface area contributed by atoms with Gasteiger partial charge in [0.25, 0.3) is 0 Å². The first-order valence-electron chi connectivity index (χ1n) is 4.20. The molecule has 0 aromatic heterocycles. The molecule has 1 rings (SSSR count). The SMILES string of the molecule is C#CC(=C)COC1CCCCO1. The van der Waals surface area contributed by atoms with Crippen LogP contribution in [0.4, 0.5) is 0 Å². The van der Waals surface area contributed by atoms with Crippen molar-refractivity contribution in [3.05, 3.63) is 12.2 Å². The Bertz CT molecular complexity index is 185. The van der Waals surface area contributed by atoms with Crippen molar-refractivity contribution in [1.82, 2.24) is 0 Å². The van der Waals surface area contributed by atoms with Crippen molar-refractivity contribution in [3.63, 3.8) is 0 Å². The monoisotopic (exact) mass is 166 g/mol. The first kappa shape index (κ1) is 9.31. The molecule has 0 bridgehead atoms. The van der Waals surface area contributed by atoms with E-state index in [1.807, 2.05) is 0 Å². The molecule has 0 aromatic rings. The van der Waals surface area contributed by atoms with Gasteiger partial charge < -0.3 is 9.47 Å². The Morgan fingerprint density at radius 3 is 3.08 bits per heavy atom. The third-order valence-corrected chi connectivity index (χ3v) is 1.79. The van der Waals surface area contributed by atoms with Crippen molar-refractivity contribution in [1.29, 1.82) is 0 Å². The van der Waals surface area contributed by atoms with E-state index in [0.717, 1.165) is 19.4 Å². The van der Waals surface area contributed by atoms with Crippen LogP contribution in [0.25, 0.3) is 0 Å². The molecule has 0 aliphatic carbocycles. The van der Waals surface area contributed by atoms with Gasteiger partial charge in [-0.2, -0.15) is 0 Å². The summed E-state index contributed by atoms with van der Waals surface area (Å²) in [5.74, 6) is 2.43. The van der Waals surface area contributed by atoms with Gasteiger partial charge in [0.1, 0.15) is 0 Å². The van der Waals surface area contributed by atoms with Crippen LogP contribution in [-0.2, 0) is 9.47 Å². The number of hydrogen-bond acceptors (Lipinski definition) is 2. The van der Waals surface area contributed by atoms with Crippen molar-refractivity contribution >= 4 is 0 Å². The summed E-state index contributed by atoms with van der Waals surface area (Å²) in [7, 11) is 0. The number of hydrogen-bond donors (Lipinski definition) is 0. The summed E-state index contributed by atoms with van der Waals surface area (Å²) in [6, 6.07) is 0. The predicted molar refractivity (Wildman–Crippen MR) is 47.5 cm³/mol. The maximum absolute atomic E-state index is 5.37. The Morgan fingerprint density at radius 1 is 1.67 bits per heavy atom. The molecule has 0 amide bonds. The molecule has 0 radical (unpaired) electrons. The molecular formula is C10H14O2. The van der Waals surface area contributed by atoms with Crippen LogP contribution in [0.15, 0.2) is 12.2 Å². The van der Waals surface area contributed by atoms with Gasteiger partial charge in [-0.05, 0) is 19.3 Å². The Labute approximate surface area is 73.6 Å². The number of rotatable bonds is 3. The van der Waals surface area contributed by atoms with Crippen molar-refractivity contribution in [3.8, 4) is 12.3 Å². The fraction of sp³-hybridized carbons (Fsp3) is 0.600. The van der Waals surface area contributed by atoms with Crippen LogP contribution in [0, 0.1) is 12.3 Å². The quantitative estimate of drug-likeness (QED) is 0.594. The van der Waals surface area contributed by atoms with E-state index >= 15 is 0 Å². The Kier molecular flexibility index (Phi) is 3.86. The molecular weight excluding hydrogens is 152 g/mol. The highest BCUT2D eigenvalue weighted by Gasteiger charge is 2.13. The van der Waals surface area contributed by atoms with Crippen LogP contribution >= 0.6 is 0 Å². The molecule has 1 unspecified atom stereocenters. The van der Waals surface area contributed by atoms with Gasteiger partial charge in [0, 0.05) is 12.2 Å². The smallest absolute Gasteiger partial charge is 0.158 e. The zero-order valence-electron chi connectivity index (χ0n) is 7.21. The lowest BCUT2D eigenvalue weighted by atomic mass is 10.2. The van der Waals surface area contributed by atoms with E-state index in [1.165, 1.54) is 6.42 Å². The summed E-state index contributed by atoms with van der Waals surface area (Å²) in [5.41, 5.74) is 0.671. The minimum Gasteiger partial charge on any atom is -0.353 e. The summed E-state index contributed by atoms with van der Waals surface area (Å²) in [6.45, 7) is 4.86. The van der Waals surface area contributed by atoms with E-state index in [0.29, 0.717) is 12.2 Å². The lowest BCUT2D eigenvalue weighted by molar-refractivity contribution is -0.156. The fourth-order valence-electron chi connectivity index (χ4n) is 1.08. The summed E-state index contributed by atoms with van der Waals surface area (Å²) in [5, 5.41) is 0. The molecule has 0 saturated carbocycles. The molecule has 0 spiro atoms. The van der Waals surface area contributed by atoms with Crippen LogP contribution in [0.1, 0.15) is 19.3 Å². The van der Waals surface area contributed by atoms with Gasteiger partial charge >= 0.3 is 0 Å². The maximum atomic E-state index is 5.37. The van der Waals surface area contributed by atoms with E-state index in [2.05, 4.69) is 12.5 Å². The largest absolute Gasteiger partial charge is 0.353 e. The highest BCUT2D eigenvalue weighted by atomic mass is 16.7. The van der Waals surface area contributed by atoms with E-state index in [4.69, 9.17) is 15.9 Å². The average molecular weight is 166 g/mol. The average Bonchev–Trinajstić information content (AvgIpc) is 2.16. The van der Waals surface area contributed by atoms with Crippen molar-refractivity contribution in [2.24, 2.45) is 0 Å². The molecule has 12 heavy (non-hydrogen) atoms. The van der Waals surface area contributed by atoms with Crippen LogP contribution in [-0.4, -0.2) is 19.5 Å². The summed E-state index contributed by atoms with van der Waals surface area (Å²) < 4.78 is 10.7. The summed E-state index contributed by atoms with van der Waals surface area (Å²) in [4.78, 5) is 0. The molecule has 1 heterocycles. The summed E-state index contributed by atoms with van der Waals surface area (Å²) >= 11 is 0. The highest BCUT2D eigenvalue weighted by Crippen LogP contribution is 2.13. The van der Waals surface area contributed by atoms with Crippen LogP contribution < -0.4 is 0 Å². The molecule has 66 valence electrons. The van der Waals surface area contributed by atoms with Gasteiger partial charge in [-0.3, -0.25) is 0 Å². The molecule has 1 saturated heterocycles. The maximum Gasteiger partial charge on any atom is 0.158 e. The molecule has 2 heteroatoms. The van der Waals surface area contributed by atoms with E-state index in [1.54, 1.807) is 0 Å². The first-order chi connectivity index (χ1) is 5.83. The normalized spacial score (nSPS) is 23.1.